The SMILES string of the molecule is CON(C)C(=O)COc1cc(C(C)C)ccc1C. The standard InChI is InChI=1S/C14H21NO3/c1-10(2)12-7-6-11(3)13(8-12)18-9-14(16)15(4)17-5/h6-8,10H,9H2,1-5H3. The number of nitrogens with zero attached hydrogens (tertiary/aromatic N) is 1. The molecule has 0 radical (unpaired) electrons. The predicted octanol–water partition coefficient (Wildman–Crippen LogP) is 2.52. The van der Waals surface area contributed by atoms with Gasteiger partial charge in [0.15, 0.2) is 6.61 Å². The number of carbonyl (C=O) groups excluding carboxylic acids is 1. The number of likely N-dealkylation sites (N-methyl/N-ethyl adjacent to an activating group) is 1. The van der Waals surface area contributed by atoms with Crippen LogP contribution in [-0.2, 0) is 9.63 Å². The van der Waals surface area contributed by atoms with Gasteiger partial charge in [-0.3, -0.25) is 9.63 Å². The Bertz CT molecular complexity index is 416. The first-order valence-electron chi connectivity index (χ1n) is 5.99. The summed E-state index contributed by atoms with van der Waals surface area (Å²) in [5.41, 5.74) is 2.22. The van der Waals surface area contributed by atoms with Crippen LogP contribution in [0.2, 0.25) is 0 Å². The Morgan fingerprint density at radius 1 is 1.39 bits per heavy atom. The maximum atomic E-state index is 11.6. The molecule has 1 aromatic rings. The van der Waals surface area contributed by atoms with Crippen molar-refractivity contribution in [2.24, 2.45) is 0 Å². The smallest absolute Gasteiger partial charge is 0.283 e. The van der Waals surface area contributed by atoms with Crippen molar-refractivity contribution in [1.29, 1.82) is 0 Å². The van der Waals surface area contributed by atoms with Crippen LogP contribution >= 0.6 is 0 Å². The van der Waals surface area contributed by atoms with Crippen LogP contribution in [0, 0.1) is 6.92 Å². The van der Waals surface area contributed by atoms with Gasteiger partial charge in [-0.2, -0.15) is 0 Å². The van der Waals surface area contributed by atoms with E-state index in [2.05, 4.69) is 19.9 Å². The van der Waals surface area contributed by atoms with E-state index in [1.807, 2.05) is 19.1 Å². The summed E-state index contributed by atoms with van der Waals surface area (Å²) >= 11 is 0. The van der Waals surface area contributed by atoms with Gasteiger partial charge < -0.3 is 4.74 Å². The summed E-state index contributed by atoms with van der Waals surface area (Å²) in [5, 5.41) is 1.15. The van der Waals surface area contributed by atoms with Crippen LogP contribution in [0.4, 0.5) is 0 Å². The molecule has 0 N–H and O–H groups in total. The maximum Gasteiger partial charge on any atom is 0.283 e. The minimum atomic E-state index is -0.216. The molecule has 0 unspecified atom stereocenters. The monoisotopic (exact) mass is 251 g/mol. The van der Waals surface area contributed by atoms with Crippen molar-refractivity contribution >= 4 is 5.91 Å². The highest BCUT2D eigenvalue weighted by molar-refractivity contribution is 5.76. The zero-order valence-corrected chi connectivity index (χ0v) is 11.7. The van der Waals surface area contributed by atoms with Crippen LogP contribution in [0.15, 0.2) is 18.2 Å². The van der Waals surface area contributed by atoms with Crippen LogP contribution in [0.25, 0.3) is 0 Å². The molecule has 100 valence electrons. The van der Waals surface area contributed by atoms with Crippen LogP contribution in [0.1, 0.15) is 30.9 Å². The average molecular weight is 251 g/mol. The Morgan fingerprint density at radius 3 is 2.61 bits per heavy atom. The second-order valence-electron chi connectivity index (χ2n) is 4.54. The number of hydrogen-bond acceptors (Lipinski definition) is 3. The molecule has 4 nitrogen and oxygen atoms in total. The summed E-state index contributed by atoms with van der Waals surface area (Å²) in [6.45, 7) is 6.19. The molecule has 4 heteroatoms. The van der Waals surface area contributed by atoms with E-state index in [0.717, 1.165) is 16.4 Å². The molecular weight excluding hydrogens is 230 g/mol. The van der Waals surface area contributed by atoms with Gasteiger partial charge in [0.2, 0.25) is 0 Å². The molecule has 1 rings (SSSR count). The second-order valence-corrected chi connectivity index (χ2v) is 4.54. The van der Waals surface area contributed by atoms with Crippen molar-refractivity contribution in [2.45, 2.75) is 26.7 Å². The first-order chi connectivity index (χ1) is 8.45. The lowest BCUT2D eigenvalue weighted by atomic mass is 10.0. The van der Waals surface area contributed by atoms with Gasteiger partial charge in [-0.25, -0.2) is 5.06 Å². The van der Waals surface area contributed by atoms with Gasteiger partial charge in [-0.05, 0) is 30.0 Å². The normalized spacial score (nSPS) is 10.6. The summed E-state index contributed by atoms with van der Waals surface area (Å²) in [6, 6.07) is 6.07. The third kappa shape index (κ3) is 3.74. The first-order valence-corrected chi connectivity index (χ1v) is 5.99. The summed E-state index contributed by atoms with van der Waals surface area (Å²) in [5.74, 6) is 0.969. The quantitative estimate of drug-likeness (QED) is 0.755. The van der Waals surface area contributed by atoms with E-state index in [-0.39, 0.29) is 12.5 Å². The third-order valence-corrected chi connectivity index (χ3v) is 2.86. The van der Waals surface area contributed by atoms with E-state index in [1.165, 1.54) is 12.7 Å². The third-order valence-electron chi connectivity index (χ3n) is 2.86. The zero-order chi connectivity index (χ0) is 13.7. The number of rotatable bonds is 5. The van der Waals surface area contributed by atoms with Gasteiger partial charge in [0.1, 0.15) is 5.75 Å². The van der Waals surface area contributed by atoms with Crippen molar-refractivity contribution in [2.75, 3.05) is 20.8 Å². The van der Waals surface area contributed by atoms with Crippen molar-refractivity contribution in [3.8, 4) is 5.75 Å². The predicted molar refractivity (Wildman–Crippen MR) is 70.5 cm³/mol. The molecule has 0 atom stereocenters. The van der Waals surface area contributed by atoms with Gasteiger partial charge in [0, 0.05) is 7.05 Å². The van der Waals surface area contributed by atoms with E-state index in [0.29, 0.717) is 5.92 Å². The minimum Gasteiger partial charge on any atom is -0.483 e. The Labute approximate surface area is 108 Å². The fourth-order valence-electron chi connectivity index (χ4n) is 1.46. The number of hydroxylamine groups is 2. The van der Waals surface area contributed by atoms with Crippen LogP contribution in [0.5, 0.6) is 5.75 Å². The number of aryl methyl sites for hydroxylation is 1. The Kier molecular flexibility index (Phi) is 5.16. The van der Waals surface area contributed by atoms with Crippen molar-refractivity contribution in [3.05, 3.63) is 29.3 Å². The number of amides is 1. The highest BCUT2D eigenvalue weighted by Gasteiger charge is 2.10. The molecule has 0 aromatic heterocycles. The Morgan fingerprint density at radius 2 is 2.06 bits per heavy atom. The molecule has 0 heterocycles. The lowest BCUT2D eigenvalue weighted by molar-refractivity contribution is -0.170. The van der Waals surface area contributed by atoms with Crippen LogP contribution in [0.3, 0.4) is 0 Å². The summed E-state index contributed by atoms with van der Waals surface area (Å²) in [4.78, 5) is 16.3. The Hall–Kier alpha value is -1.55. The van der Waals surface area contributed by atoms with E-state index in [9.17, 15) is 4.79 Å². The number of benzene rings is 1. The van der Waals surface area contributed by atoms with Crippen LogP contribution < -0.4 is 4.74 Å². The molecule has 0 aliphatic rings. The van der Waals surface area contributed by atoms with Gasteiger partial charge in [0.05, 0.1) is 7.11 Å². The van der Waals surface area contributed by atoms with Gasteiger partial charge in [-0.15, -0.1) is 0 Å². The molecule has 1 aromatic carbocycles. The van der Waals surface area contributed by atoms with Crippen molar-refractivity contribution < 1.29 is 14.4 Å². The van der Waals surface area contributed by atoms with E-state index < -0.39 is 0 Å². The Balaban J connectivity index is 2.72. The first kappa shape index (κ1) is 14.5. The molecule has 0 aliphatic carbocycles. The topological polar surface area (TPSA) is 38.8 Å². The van der Waals surface area contributed by atoms with E-state index in [4.69, 9.17) is 9.57 Å². The molecule has 0 fully saturated rings. The van der Waals surface area contributed by atoms with Crippen molar-refractivity contribution in [3.63, 3.8) is 0 Å². The lowest BCUT2D eigenvalue weighted by Gasteiger charge is -2.16. The summed E-state index contributed by atoms with van der Waals surface area (Å²) in [6.07, 6.45) is 0. The average Bonchev–Trinajstić information content (AvgIpc) is 2.36. The second kappa shape index (κ2) is 6.40. The van der Waals surface area contributed by atoms with E-state index >= 15 is 0 Å². The molecular formula is C14H21NO3. The van der Waals surface area contributed by atoms with Crippen molar-refractivity contribution in [1.82, 2.24) is 5.06 Å². The maximum absolute atomic E-state index is 11.6. The molecule has 0 saturated heterocycles. The highest BCUT2D eigenvalue weighted by Crippen LogP contribution is 2.24. The highest BCUT2D eigenvalue weighted by atomic mass is 16.7. The fourth-order valence-corrected chi connectivity index (χ4v) is 1.46. The van der Waals surface area contributed by atoms with Gasteiger partial charge in [0.25, 0.3) is 5.91 Å². The van der Waals surface area contributed by atoms with E-state index in [1.54, 1.807) is 7.05 Å². The number of hydrogen-bond donors (Lipinski definition) is 0. The van der Waals surface area contributed by atoms with Gasteiger partial charge in [-0.1, -0.05) is 26.0 Å². The molecule has 0 spiro atoms. The summed E-state index contributed by atoms with van der Waals surface area (Å²) < 4.78 is 5.54. The lowest BCUT2D eigenvalue weighted by Crippen LogP contribution is -2.30. The number of ether oxygens (including phenoxy) is 1. The van der Waals surface area contributed by atoms with Crippen LogP contribution in [-0.4, -0.2) is 31.7 Å². The molecule has 0 aliphatic heterocycles. The summed E-state index contributed by atoms with van der Waals surface area (Å²) in [7, 11) is 3.01. The minimum absolute atomic E-state index is 0.0211. The molecule has 0 saturated carbocycles. The largest absolute Gasteiger partial charge is 0.483 e. The molecule has 0 bridgehead atoms. The molecule has 1 amide bonds. The fraction of sp³-hybridized carbons (Fsp3) is 0.500. The molecule has 18 heavy (non-hydrogen) atoms. The zero-order valence-electron chi connectivity index (χ0n) is 11.7. The number of carbonyl (C=O) groups is 1. The van der Waals surface area contributed by atoms with Gasteiger partial charge >= 0.3 is 0 Å².